The number of hydrogen-bond donors (Lipinski definition) is 0. The van der Waals surface area contributed by atoms with E-state index in [2.05, 4.69) is 5.10 Å². The molecule has 9 heteroatoms. The van der Waals surface area contributed by atoms with Crippen LogP contribution in [0.1, 0.15) is 21.6 Å². The lowest BCUT2D eigenvalue weighted by Gasteiger charge is -2.34. The Morgan fingerprint density at radius 1 is 1.23 bits per heavy atom. The first-order chi connectivity index (χ1) is 12.3. The third-order valence-corrected chi connectivity index (χ3v) is 4.69. The maximum Gasteiger partial charge on any atom is 0.416 e. The Bertz CT molecular complexity index is 778. The molecule has 0 aliphatic carbocycles. The lowest BCUT2D eigenvalue weighted by Crippen LogP contribution is -2.48. The van der Waals surface area contributed by atoms with Crippen LogP contribution in [0.4, 0.5) is 13.2 Å². The van der Waals surface area contributed by atoms with Crippen LogP contribution in [0.15, 0.2) is 30.5 Å². The molecule has 1 saturated heterocycles. The van der Waals surface area contributed by atoms with Crippen LogP contribution < -0.4 is 0 Å². The van der Waals surface area contributed by atoms with Gasteiger partial charge in [0.2, 0.25) is 0 Å². The minimum Gasteiger partial charge on any atom is -0.335 e. The zero-order valence-corrected chi connectivity index (χ0v) is 14.9. The summed E-state index contributed by atoms with van der Waals surface area (Å²) in [5, 5.41) is 4.27. The van der Waals surface area contributed by atoms with Crippen LogP contribution in [0, 0.1) is 0 Å². The molecular weight excluding hydrogens is 369 g/mol. The van der Waals surface area contributed by atoms with Crippen LogP contribution in [0.25, 0.3) is 0 Å². The van der Waals surface area contributed by atoms with E-state index in [9.17, 15) is 18.0 Å². The Kier molecular flexibility index (Phi) is 5.24. The Morgan fingerprint density at radius 2 is 1.92 bits per heavy atom. The third-order valence-electron chi connectivity index (χ3n) is 4.42. The molecule has 0 N–H and O–H groups in total. The summed E-state index contributed by atoms with van der Waals surface area (Å²) < 4.78 is 39.9. The van der Waals surface area contributed by atoms with Crippen LogP contribution in [0.3, 0.4) is 0 Å². The number of hydrogen-bond acceptors (Lipinski definition) is 3. The van der Waals surface area contributed by atoms with Crippen molar-refractivity contribution >= 4 is 17.5 Å². The number of carbonyl (C=O) groups excluding carboxylic acids is 1. The van der Waals surface area contributed by atoms with Gasteiger partial charge in [0, 0.05) is 39.8 Å². The van der Waals surface area contributed by atoms with E-state index in [4.69, 9.17) is 11.6 Å². The topological polar surface area (TPSA) is 41.4 Å². The van der Waals surface area contributed by atoms with E-state index in [0.29, 0.717) is 49.0 Å². The van der Waals surface area contributed by atoms with Crippen molar-refractivity contribution < 1.29 is 18.0 Å². The number of rotatable bonds is 3. The number of nitrogens with zero attached hydrogens (tertiary/aromatic N) is 4. The molecule has 5 nitrogen and oxygen atoms in total. The zero-order chi connectivity index (χ0) is 18.9. The lowest BCUT2D eigenvalue weighted by atomic mass is 10.1. The van der Waals surface area contributed by atoms with E-state index in [1.807, 2.05) is 4.90 Å². The summed E-state index contributed by atoms with van der Waals surface area (Å²) in [5.41, 5.74) is 0.307. The Labute approximate surface area is 153 Å². The molecule has 0 radical (unpaired) electrons. The van der Waals surface area contributed by atoms with Gasteiger partial charge in [-0.15, -0.1) is 0 Å². The van der Waals surface area contributed by atoms with Crippen LogP contribution >= 0.6 is 11.6 Å². The van der Waals surface area contributed by atoms with E-state index in [0.717, 1.165) is 6.07 Å². The van der Waals surface area contributed by atoms with Gasteiger partial charge < -0.3 is 4.90 Å². The summed E-state index contributed by atoms with van der Waals surface area (Å²) in [6.07, 6.45) is -2.91. The number of benzene rings is 1. The van der Waals surface area contributed by atoms with E-state index >= 15 is 0 Å². The second-order valence-corrected chi connectivity index (χ2v) is 6.64. The summed E-state index contributed by atoms with van der Waals surface area (Å²) in [6, 6.07) is 5.34. The molecule has 1 amide bonds. The molecule has 1 fully saturated rings. The van der Waals surface area contributed by atoms with Crippen molar-refractivity contribution in [3.63, 3.8) is 0 Å². The minimum atomic E-state index is -4.34. The molecule has 0 bridgehead atoms. The number of carbonyl (C=O) groups is 1. The van der Waals surface area contributed by atoms with E-state index < -0.39 is 11.7 Å². The molecule has 2 heterocycles. The fourth-order valence-corrected chi connectivity index (χ4v) is 3.26. The number of halogens is 4. The monoisotopic (exact) mass is 386 g/mol. The van der Waals surface area contributed by atoms with Crippen molar-refractivity contribution in [2.24, 2.45) is 7.05 Å². The Morgan fingerprint density at radius 3 is 2.50 bits per heavy atom. The van der Waals surface area contributed by atoms with Gasteiger partial charge in [0.25, 0.3) is 5.91 Å². The second-order valence-electron chi connectivity index (χ2n) is 6.23. The van der Waals surface area contributed by atoms with Crippen LogP contribution in [-0.4, -0.2) is 51.7 Å². The molecule has 2 aromatic rings. The van der Waals surface area contributed by atoms with E-state index in [1.54, 1.807) is 18.0 Å². The highest BCUT2D eigenvalue weighted by Crippen LogP contribution is 2.29. The Hall–Kier alpha value is -2.06. The maximum absolute atomic E-state index is 12.8. The SMILES string of the molecule is Cn1ncc(Cl)c1C(=O)N1CCN(Cc2cccc(C(F)(F)F)c2)CC1. The smallest absolute Gasteiger partial charge is 0.335 e. The molecule has 1 aromatic carbocycles. The van der Waals surface area contributed by atoms with Crippen molar-refractivity contribution in [1.29, 1.82) is 0 Å². The summed E-state index contributed by atoms with van der Waals surface area (Å²) in [7, 11) is 1.66. The summed E-state index contributed by atoms with van der Waals surface area (Å²) >= 11 is 6.01. The average Bonchev–Trinajstić information content (AvgIpc) is 2.93. The molecule has 3 rings (SSSR count). The average molecular weight is 387 g/mol. The van der Waals surface area contributed by atoms with Crippen molar-refractivity contribution in [2.45, 2.75) is 12.7 Å². The largest absolute Gasteiger partial charge is 0.416 e. The number of piperazine rings is 1. The quantitative estimate of drug-likeness (QED) is 0.814. The highest BCUT2D eigenvalue weighted by molar-refractivity contribution is 6.33. The zero-order valence-electron chi connectivity index (χ0n) is 14.1. The maximum atomic E-state index is 12.8. The van der Waals surface area contributed by atoms with E-state index in [-0.39, 0.29) is 5.91 Å². The lowest BCUT2D eigenvalue weighted by molar-refractivity contribution is -0.137. The van der Waals surface area contributed by atoms with Gasteiger partial charge in [0.05, 0.1) is 16.8 Å². The van der Waals surface area contributed by atoms with Crippen molar-refractivity contribution in [3.05, 3.63) is 52.3 Å². The van der Waals surface area contributed by atoms with Crippen LogP contribution in [0.5, 0.6) is 0 Å². The summed E-state index contributed by atoms with van der Waals surface area (Å²) in [6.45, 7) is 2.55. The number of aromatic nitrogens is 2. The van der Waals surface area contributed by atoms with Gasteiger partial charge in [-0.2, -0.15) is 18.3 Å². The fraction of sp³-hybridized carbons (Fsp3) is 0.412. The molecule has 0 atom stereocenters. The second kappa shape index (κ2) is 7.28. The molecule has 1 aromatic heterocycles. The van der Waals surface area contributed by atoms with Crippen molar-refractivity contribution in [3.8, 4) is 0 Å². The molecule has 0 saturated carbocycles. The molecule has 140 valence electrons. The first-order valence-corrected chi connectivity index (χ1v) is 8.49. The number of aryl methyl sites for hydroxylation is 1. The fourth-order valence-electron chi connectivity index (χ4n) is 3.01. The first kappa shape index (κ1) is 18.7. The molecule has 1 aliphatic rings. The predicted octanol–water partition coefficient (Wildman–Crippen LogP) is 3.05. The normalized spacial score (nSPS) is 16.1. The van der Waals surface area contributed by atoms with Gasteiger partial charge in [-0.1, -0.05) is 29.8 Å². The van der Waals surface area contributed by atoms with E-state index in [1.165, 1.54) is 23.0 Å². The molecule has 0 unspecified atom stereocenters. The predicted molar refractivity (Wildman–Crippen MR) is 90.8 cm³/mol. The standard InChI is InChI=1S/C17H18ClF3N4O/c1-23-15(14(18)10-22-23)16(26)25-7-5-24(6-8-25)11-12-3-2-4-13(9-12)17(19,20)21/h2-4,9-10H,5-8,11H2,1H3. The third kappa shape index (κ3) is 4.02. The first-order valence-electron chi connectivity index (χ1n) is 8.11. The highest BCUT2D eigenvalue weighted by atomic mass is 35.5. The van der Waals surface area contributed by atoms with Gasteiger partial charge in [-0.3, -0.25) is 14.4 Å². The molecule has 0 spiro atoms. The van der Waals surface area contributed by atoms with Gasteiger partial charge >= 0.3 is 6.18 Å². The van der Waals surface area contributed by atoms with Crippen LogP contribution in [-0.2, 0) is 19.8 Å². The highest BCUT2D eigenvalue weighted by Gasteiger charge is 2.31. The summed E-state index contributed by atoms with van der Waals surface area (Å²) in [5.74, 6) is -0.186. The van der Waals surface area contributed by atoms with Gasteiger partial charge in [-0.25, -0.2) is 0 Å². The van der Waals surface area contributed by atoms with Crippen molar-refractivity contribution in [1.82, 2.24) is 19.6 Å². The van der Waals surface area contributed by atoms with Gasteiger partial charge in [-0.05, 0) is 11.6 Å². The Balaban J connectivity index is 1.60. The number of alkyl halides is 3. The molecule has 1 aliphatic heterocycles. The molecule has 26 heavy (non-hydrogen) atoms. The van der Waals surface area contributed by atoms with Crippen molar-refractivity contribution in [2.75, 3.05) is 26.2 Å². The molecular formula is C17H18ClF3N4O. The minimum absolute atomic E-state index is 0.186. The van der Waals surface area contributed by atoms with Gasteiger partial charge in [0.1, 0.15) is 5.69 Å². The van der Waals surface area contributed by atoms with Gasteiger partial charge in [0.15, 0.2) is 0 Å². The summed E-state index contributed by atoms with van der Waals surface area (Å²) in [4.78, 5) is 16.3. The number of amides is 1. The van der Waals surface area contributed by atoms with Crippen LogP contribution in [0.2, 0.25) is 5.02 Å².